The summed E-state index contributed by atoms with van der Waals surface area (Å²) in [5, 5.41) is 7.77. The number of aryl methyl sites for hydroxylation is 1. The molecule has 0 amide bonds. The molecule has 0 bridgehead atoms. The summed E-state index contributed by atoms with van der Waals surface area (Å²) >= 11 is 1.97. The van der Waals surface area contributed by atoms with Crippen molar-refractivity contribution in [3.05, 3.63) is 11.4 Å². The summed E-state index contributed by atoms with van der Waals surface area (Å²) in [5.41, 5.74) is 1.14. The zero-order valence-electron chi connectivity index (χ0n) is 13.7. The van der Waals surface area contributed by atoms with Gasteiger partial charge < -0.3 is 10.6 Å². The van der Waals surface area contributed by atoms with Crippen LogP contribution in [0.2, 0.25) is 0 Å². The van der Waals surface area contributed by atoms with E-state index in [4.69, 9.17) is 4.98 Å². The van der Waals surface area contributed by atoms with Crippen LogP contribution in [0.15, 0.2) is 0 Å². The molecular formula is C16H28N4S. The second-order valence-corrected chi connectivity index (χ2v) is 6.78. The normalized spacial score (nSPS) is 21.5. The van der Waals surface area contributed by atoms with E-state index in [0.717, 1.165) is 42.4 Å². The molecule has 1 saturated carbocycles. The Morgan fingerprint density at radius 3 is 2.62 bits per heavy atom. The van der Waals surface area contributed by atoms with Crippen LogP contribution in [-0.4, -0.2) is 34.1 Å². The minimum absolute atomic E-state index is 0.539. The quantitative estimate of drug-likeness (QED) is 0.801. The van der Waals surface area contributed by atoms with Crippen LogP contribution in [-0.2, 0) is 6.42 Å². The second-order valence-electron chi connectivity index (χ2n) is 5.70. The number of anilines is 2. The molecule has 0 saturated heterocycles. The Kier molecular flexibility index (Phi) is 6.15. The van der Waals surface area contributed by atoms with Crippen LogP contribution in [0.4, 0.5) is 11.6 Å². The summed E-state index contributed by atoms with van der Waals surface area (Å²) in [6.07, 6.45) is 8.09. The van der Waals surface area contributed by atoms with Gasteiger partial charge in [0.15, 0.2) is 0 Å². The highest BCUT2D eigenvalue weighted by Gasteiger charge is 2.27. The van der Waals surface area contributed by atoms with Gasteiger partial charge in [-0.3, -0.25) is 0 Å². The maximum Gasteiger partial charge on any atom is 0.135 e. The molecule has 1 aliphatic carbocycles. The standard InChI is InChI=1S/C16H28N4S/c1-5-8-14-19-15(17-6-2)11(3)16(20-14)18-12-9-7-10-13(12)21-4/h12-13H,5-10H2,1-4H3,(H2,17,18,19,20). The molecule has 0 aromatic carbocycles. The summed E-state index contributed by atoms with van der Waals surface area (Å²) in [5.74, 6) is 2.95. The van der Waals surface area contributed by atoms with Gasteiger partial charge in [0, 0.05) is 29.8 Å². The molecule has 1 aliphatic rings. The Balaban J connectivity index is 2.23. The first-order valence-electron chi connectivity index (χ1n) is 8.10. The lowest BCUT2D eigenvalue weighted by Crippen LogP contribution is -2.27. The van der Waals surface area contributed by atoms with Gasteiger partial charge in [-0.05, 0) is 39.4 Å². The first-order chi connectivity index (χ1) is 10.2. The molecule has 118 valence electrons. The topological polar surface area (TPSA) is 49.8 Å². The molecule has 2 atom stereocenters. The zero-order valence-corrected chi connectivity index (χ0v) is 14.5. The van der Waals surface area contributed by atoms with Crippen molar-refractivity contribution in [3.8, 4) is 0 Å². The molecule has 5 heteroatoms. The maximum atomic E-state index is 4.77. The molecule has 1 fully saturated rings. The number of rotatable bonds is 7. The average molecular weight is 308 g/mol. The van der Waals surface area contributed by atoms with Gasteiger partial charge >= 0.3 is 0 Å². The number of hydrogen-bond acceptors (Lipinski definition) is 5. The van der Waals surface area contributed by atoms with Crippen LogP contribution < -0.4 is 10.6 Å². The Bertz CT molecular complexity index is 464. The molecule has 2 rings (SSSR count). The Labute approximate surface area is 132 Å². The van der Waals surface area contributed by atoms with Gasteiger partial charge in [-0.15, -0.1) is 0 Å². The third-order valence-electron chi connectivity index (χ3n) is 4.09. The fraction of sp³-hybridized carbons (Fsp3) is 0.750. The van der Waals surface area contributed by atoms with Gasteiger partial charge in [0.25, 0.3) is 0 Å². The summed E-state index contributed by atoms with van der Waals surface area (Å²) in [7, 11) is 0. The minimum Gasteiger partial charge on any atom is -0.370 e. The van der Waals surface area contributed by atoms with E-state index in [1.165, 1.54) is 19.3 Å². The highest BCUT2D eigenvalue weighted by Crippen LogP contribution is 2.32. The lowest BCUT2D eigenvalue weighted by molar-refractivity contribution is 0.753. The summed E-state index contributed by atoms with van der Waals surface area (Å²) < 4.78 is 0. The van der Waals surface area contributed by atoms with Gasteiger partial charge in [-0.25, -0.2) is 9.97 Å². The van der Waals surface area contributed by atoms with Crippen molar-refractivity contribution in [1.29, 1.82) is 0 Å². The van der Waals surface area contributed by atoms with Gasteiger partial charge in [0.1, 0.15) is 17.5 Å². The number of hydrogen-bond donors (Lipinski definition) is 2. The van der Waals surface area contributed by atoms with Crippen LogP contribution in [0.1, 0.15) is 50.9 Å². The summed E-state index contributed by atoms with van der Waals surface area (Å²) in [6.45, 7) is 7.28. The van der Waals surface area contributed by atoms with E-state index in [9.17, 15) is 0 Å². The van der Waals surface area contributed by atoms with Gasteiger partial charge in [0.05, 0.1) is 0 Å². The third-order valence-corrected chi connectivity index (χ3v) is 5.26. The fourth-order valence-corrected chi connectivity index (χ4v) is 3.86. The molecule has 0 spiro atoms. The third kappa shape index (κ3) is 4.02. The van der Waals surface area contributed by atoms with Crippen molar-refractivity contribution in [3.63, 3.8) is 0 Å². The second kappa shape index (κ2) is 7.87. The SMILES string of the molecule is CCCc1nc(NCC)c(C)c(NC2CCCC2SC)n1. The van der Waals surface area contributed by atoms with E-state index in [1.54, 1.807) is 0 Å². The Morgan fingerprint density at radius 1 is 1.19 bits per heavy atom. The summed E-state index contributed by atoms with van der Waals surface area (Å²) in [6, 6.07) is 0.539. The highest BCUT2D eigenvalue weighted by molar-refractivity contribution is 7.99. The number of aromatic nitrogens is 2. The zero-order chi connectivity index (χ0) is 15.2. The fourth-order valence-electron chi connectivity index (χ4n) is 2.93. The van der Waals surface area contributed by atoms with Crippen molar-refractivity contribution in [2.45, 2.75) is 64.2 Å². The van der Waals surface area contributed by atoms with E-state index in [1.807, 2.05) is 11.8 Å². The smallest absolute Gasteiger partial charge is 0.135 e. The molecule has 2 N–H and O–H groups in total. The molecule has 1 aromatic heterocycles. The van der Waals surface area contributed by atoms with Gasteiger partial charge in [-0.1, -0.05) is 13.3 Å². The number of nitrogens with zero attached hydrogens (tertiary/aromatic N) is 2. The first kappa shape index (κ1) is 16.4. The average Bonchev–Trinajstić information content (AvgIpc) is 2.91. The summed E-state index contributed by atoms with van der Waals surface area (Å²) in [4.78, 5) is 9.42. The van der Waals surface area contributed by atoms with Crippen molar-refractivity contribution >= 4 is 23.4 Å². The molecule has 0 aliphatic heterocycles. The van der Waals surface area contributed by atoms with E-state index in [0.29, 0.717) is 11.3 Å². The first-order valence-corrected chi connectivity index (χ1v) is 9.39. The Morgan fingerprint density at radius 2 is 1.95 bits per heavy atom. The van der Waals surface area contributed by atoms with Crippen LogP contribution in [0.5, 0.6) is 0 Å². The van der Waals surface area contributed by atoms with Crippen molar-refractivity contribution in [1.82, 2.24) is 9.97 Å². The van der Waals surface area contributed by atoms with E-state index in [-0.39, 0.29) is 0 Å². The Hall–Kier alpha value is -0.970. The highest BCUT2D eigenvalue weighted by atomic mass is 32.2. The molecule has 0 radical (unpaired) electrons. The van der Waals surface area contributed by atoms with Gasteiger partial charge in [0.2, 0.25) is 0 Å². The van der Waals surface area contributed by atoms with E-state index in [2.05, 4.69) is 42.6 Å². The predicted molar refractivity (Wildman–Crippen MR) is 93.5 cm³/mol. The monoisotopic (exact) mass is 308 g/mol. The molecule has 1 heterocycles. The van der Waals surface area contributed by atoms with E-state index < -0.39 is 0 Å². The molecule has 21 heavy (non-hydrogen) atoms. The molecular weight excluding hydrogens is 280 g/mol. The molecule has 1 aromatic rings. The number of thioether (sulfide) groups is 1. The van der Waals surface area contributed by atoms with Crippen molar-refractivity contribution in [2.24, 2.45) is 0 Å². The van der Waals surface area contributed by atoms with Crippen LogP contribution in [0.25, 0.3) is 0 Å². The van der Waals surface area contributed by atoms with Crippen LogP contribution in [0.3, 0.4) is 0 Å². The van der Waals surface area contributed by atoms with E-state index >= 15 is 0 Å². The van der Waals surface area contributed by atoms with Gasteiger partial charge in [-0.2, -0.15) is 11.8 Å². The van der Waals surface area contributed by atoms with Crippen LogP contribution in [0, 0.1) is 6.92 Å². The largest absolute Gasteiger partial charge is 0.370 e. The van der Waals surface area contributed by atoms with Crippen LogP contribution >= 0.6 is 11.8 Å². The minimum atomic E-state index is 0.539. The van der Waals surface area contributed by atoms with Crippen molar-refractivity contribution < 1.29 is 0 Å². The maximum absolute atomic E-state index is 4.77. The molecule has 4 nitrogen and oxygen atoms in total. The predicted octanol–water partition coefficient (Wildman–Crippen LogP) is 3.87. The molecule has 2 unspecified atom stereocenters. The lowest BCUT2D eigenvalue weighted by atomic mass is 10.2. The van der Waals surface area contributed by atoms with Crippen molar-refractivity contribution in [2.75, 3.05) is 23.4 Å². The number of nitrogens with one attached hydrogen (secondary N) is 2. The lowest BCUT2D eigenvalue weighted by Gasteiger charge is -2.22.